The number of likely N-dealkylation sites (N-methyl/N-ethyl adjacent to an activating group) is 1. The molecule has 3 aliphatic rings. The number of benzene rings is 1. The van der Waals surface area contributed by atoms with E-state index in [1.165, 1.54) is 4.31 Å². The first kappa shape index (κ1) is 26.3. The van der Waals surface area contributed by atoms with Crippen molar-refractivity contribution in [3.05, 3.63) is 46.6 Å². The number of carbonyl (C=O) groups is 2. The first-order valence-electron chi connectivity index (χ1n) is 13.2. The highest BCUT2D eigenvalue weighted by Crippen LogP contribution is 2.28. The van der Waals surface area contributed by atoms with Crippen molar-refractivity contribution in [2.45, 2.75) is 43.3 Å². The number of rotatable bonds is 6. The Hall–Kier alpha value is -2.93. The summed E-state index contributed by atoms with van der Waals surface area (Å²) in [5, 5.41) is 1.31. The fourth-order valence-electron chi connectivity index (χ4n) is 5.70. The van der Waals surface area contributed by atoms with E-state index < -0.39 is 16.1 Å². The minimum Gasteiger partial charge on any atom is -0.436 e. The normalized spacial score (nSPS) is 21.2. The molecule has 1 unspecified atom stereocenters. The molecule has 5 heterocycles. The third-order valence-corrected chi connectivity index (χ3v) is 9.91. The second-order valence-electron chi connectivity index (χ2n) is 10.5. The predicted molar refractivity (Wildman–Crippen MR) is 144 cm³/mol. The van der Waals surface area contributed by atoms with Gasteiger partial charge >= 0.3 is 5.91 Å². The van der Waals surface area contributed by atoms with Crippen molar-refractivity contribution in [1.82, 2.24) is 29.0 Å². The summed E-state index contributed by atoms with van der Waals surface area (Å²) in [4.78, 5) is 38.9. The molecular weight excluding hydrogens is 544 g/mol. The number of H-pyrrole nitrogens is 1. The van der Waals surface area contributed by atoms with Gasteiger partial charge in [-0.15, -0.1) is 0 Å². The average Bonchev–Trinajstić information content (AvgIpc) is 3.64. The molecule has 2 saturated heterocycles. The van der Waals surface area contributed by atoms with Crippen molar-refractivity contribution in [3.8, 4) is 0 Å². The number of aromatic nitrogens is 2. The minimum atomic E-state index is -3.87. The smallest absolute Gasteiger partial charge is 0.310 e. The molecule has 2 aromatic heterocycles. The number of likely N-dealkylation sites (tertiary alicyclic amines) is 1. The summed E-state index contributed by atoms with van der Waals surface area (Å²) in [6, 6.07) is 6.30. The SMILES string of the molecule is CN1CCc2nc(C(=O)N3CCN(S(=O)(=O)c4cc5cc(Cl)ccc5[nH]4)CC3CCN3CCCC3=O)oc2C1. The molecule has 0 radical (unpaired) electrons. The highest BCUT2D eigenvalue weighted by Gasteiger charge is 2.39. The van der Waals surface area contributed by atoms with Gasteiger partial charge in [0.05, 0.1) is 12.2 Å². The van der Waals surface area contributed by atoms with Gasteiger partial charge in [0.2, 0.25) is 5.91 Å². The molecule has 2 fully saturated rings. The summed E-state index contributed by atoms with van der Waals surface area (Å²) in [6.07, 6.45) is 2.50. The van der Waals surface area contributed by atoms with Crippen LogP contribution in [0.3, 0.4) is 0 Å². The molecule has 0 saturated carbocycles. The number of fused-ring (bicyclic) bond motifs is 2. The molecule has 1 aromatic carbocycles. The van der Waals surface area contributed by atoms with Crippen molar-refractivity contribution in [2.75, 3.05) is 46.3 Å². The maximum atomic E-state index is 13.7. The zero-order valence-corrected chi connectivity index (χ0v) is 23.3. The first-order chi connectivity index (χ1) is 18.7. The van der Waals surface area contributed by atoms with Gasteiger partial charge in [0.1, 0.15) is 10.8 Å². The lowest BCUT2D eigenvalue weighted by Crippen LogP contribution is -2.57. The molecule has 11 nitrogen and oxygen atoms in total. The maximum Gasteiger partial charge on any atom is 0.310 e. The number of oxazole rings is 1. The molecule has 0 bridgehead atoms. The molecule has 208 valence electrons. The van der Waals surface area contributed by atoms with Gasteiger partial charge in [0, 0.05) is 74.1 Å². The Balaban J connectivity index is 1.25. The van der Waals surface area contributed by atoms with Crippen LogP contribution in [0.2, 0.25) is 5.02 Å². The lowest BCUT2D eigenvalue weighted by molar-refractivity contribution is -0.127. The van der Waals surface area contributed by atoms with E-state index >= 15 is 0 Å². The third-order valence-electron chi connectivity index (χ3n) is 7.89. The number of hydrogen-bond donors (Lipinski definition) is 1. The second kappa shape index (κ2) is 10.2. The molecule has 3 aliphatic heterocycles. The zero-order chi connectivity index (χ0) is 27.3. The Bertz CT molecular complexity index is 1530. The van der Waals surface area contributed by atoms with Crippen LogP contribution >= 0.6 is 11.6 Å². The summed E-state index contributed by atoms with van der Waals surface area (Å²) in [6.45, 7) is 3.00. The van der Waals surface area contributed by atoms with E-state index in [0.717, 1.165) is 18.7 Å². The molecule has 6 rings (SSSR count). The minimum absolute atomic E-state index is 0.0429. The van der Waals surface area contributed by atoms with Crippen LogP contribution in [-0.2, 0) is 27.8 Å². The molecule has 0 aliphatic carbocycles. The van der Waals surface area contributed by atoms with Gasteiger partial charge in [0.25, 0.3) is 15.9 Å². The van der Waals surface area contributed by atoms with Gasteiger partial charge in [-0.3, -0.25) is 14.5 Å². The first-order valence-corrected chi connectivity index (χ1v) is 15.0. The molecule has 39 heavy (non-hydrogen) atoms. The van der Waals surface area contributed by atoms with Crippen molar-refractivity contribution in [2.24, 2.45) is 0 Å². The summed E-state index contributed by atoms with van der Waals surface area (Å²) >= 11 is 6.09. The van der Waals surface area contributed by atoms with Crippen LogP contribution < -0.4 is 0 Å². The van der Waals surface area contributed by atoms with Crippen LogP contribution in [-0.4, -0.2) is 102 Å². The predicted octanol–water partition coefficient (Wildman–Crippen LogP) is 2.33. The largest absolute Gasteiger partial charge is 0.436 e. The number of nitrogens with zero attached hydrogens (tertiary/aromatic N) is 5. The summed E-state index contributed by atoms with van der Waals surface area (Å²) in [5.74, 6) is 0.490. The maximum absolute atomic E-state index is 13.7. The number of carbonyl (C=O) groups excluding carboxylic acids is 2. The van der Waals surface area contributed by atoms with Crippen LogP contribution in [0.1, 0.15) is 41.4 Å². The lowest BCUT2D eigenvalue weighted by Gasteiger charge is -2.40. The van der Waals surface area contributed by atoms with Gasteiger partial charge in [-0.1, -0.05) is 11.6 Å². The van der Waals surface area contributed by atoms with Crippen LogP contribution in [0.4, 0.5) is 0 Å². The Morgan fingerprint density at radius 2 is 2.03 bits per heavy atom. The average molecular weight is 575 g/mol. The topological polar surface area (TPSA) is 123 Å². The molecule has 3 aromatic rings. The van der Waals surface area contributed by atoms with Crippen molar-refractivity contribution < 1.29 is 22.4 Å². The van der Waals surface area contributed by atoms with Crippen LogP contribution in [0.25, 0.3) is 10.9 Å². The molecular formula is C26H31ClN6O5S. The van der Waals surface area contributed by atoms with Crippen LogP contribution in [0, 0.1) is 0 Å². The number of aromatic amines is 1. The van der Waals surface area contributed by atoms with Crippen LogP contribution in [0.15, 0.2) is 33.7 Å². The van der Waals surface area contributed by atoms with E-state index in [1.54, 1.807) is 34.1 Å². The Kier molecular flexibility index (Phi) is 6.90. The Labute approximate surface area is 231 Å². The molecule has 0 spiro atoms. The van der Waals surface area contributed by atoms with E-state index in [9.17, 15) is 18.0 Å². The summed E-state index contributed by atoms with van der Waals surface area (Å²) in [7, 11) is -1.88. The van der Waals surface area contributed by atoms with Gasteiger partial charge in [0.15, 0.2) is 0 Å². The van der Waals surface area contributed by atoms with E-state index in [0.29, 0.717) is 60.6 Å². The lowest BCUT2D eigenvalue weighted by atomic mass is 10.1. The van der Waals surface area contributed by atoms with E-state index in [1.807, 2.05) is 7.05 Å². The van der Waals surface area contributed by atoms with Crippen LogP contribution in [0.5, 0.6) is 0 Å². The van der Waals surface area contributed by atoms with Gasteiger partial charge < -0.3 is 19.2 Å². The molecule has 1 atom stereocenters. The Morgan fingerprint density at radius 3 is 2.82 bits per heavy atom. The fourth-order valence-corrected chi connectivity index (χ4v) is 7.36. The standard InChI is InChI=1S/C26H31ClN6O5S/c1-30-9-7-21-22(16-30)38-25(29-21)26(35)33-12-11-32(15-19(33)6-10-31-8-2-3-24(31)34)39(36,37)23-14-17-13-18(27)4-5-20(17)28-23/h4-5,13-14,19,28H,2-3,6-12,15-16H2,1H3. The number of nitrogens with one attached hydrogen (secondary N) is 1. The zero-order valence-electron chi connectivity index (χ0n) is 21.7. The van der Waals surface area contributed by atoms with Gasteiger partial charge in [-0.2, -0.15) is 4.31 Å². The number of halogens is 1. The van der Waals surface area contributed by atoms with Gasteiger partial charge in [-0.05, 0) is 44.2 Å². The van der Waals surface area contributed by atoms with E-state index in [-0.39, 0.29) is 42.4 Å². The highest BCUT2D eigenvalue weighted by molar-refractivity contribution is 7.89. The number of hydrogen-bond acceptors (Lipinski definition) is 7. The van der Waals surface area contributed by atoms with Crippen molar-refractivity contribution >= 4 is 44.3 Å². The van der Waals surface area contributed by atoms with Crippen molar-refractivity contribution in [1.29, 1.82) is 0 Å². The molecule has 13 heteroatoms. The summed E-state index contributed by atoms with van der Waals surface area (Å²) < 4.78 is 34.6. The molecule has 1 N–H and O–H groups in total. The highest BCUT2D eigenvalue weighted by atomic mass is 35.5. The molecule has 2 amide bonds. The van der Waals surface area contributed by atoms with Gasteiger partial charge in [-0.25, -0.2) is 13.4 Å². The number of piperazine rings is 1. The number of amides is 2. The number of sulfonamides is 1. The summed E-state index contributed by atoms with van der Waals surface area (Å²) in [5.41, 5.74) is 1.48. The third kappa shape index (κ3) is 5.06. The quantitative estimate of drug-likeness (QED) is 0.479. The fraction of sp³-hybridized carbons (Fsp3) is 0.500. The van der Waals surface area contributed by atoms with E-state index in [2.05, 4.69) is 14.9 Å². The monoisotopic (exact) mass is 574 g/mol. The Morgan fingerprint density at radius 1 is 1.18 bits per heavy atom. The van der Waals surface area contributed by atoms with E-state index in [4.69, 9.17) is 16.0 Å². The second-order valence-corrected chi connectivity index (χ2v) is 12.9. The van der Waals surface area contributed by atoms with Crippen molar-refractivity contribution in [3.63, 3.8) is 0 Å².